The van der Waals surface area contributed by atoms with E-state index in [0.29, 0.717) is 30.4 Å². The molecule has 8 heteroatoms. The SMILES string of the molecule is CCCCCOc1ccc(/C=N/NC(=O)c2cc(-c3ccccc3)nc(=O)[nH]2)cc1OCC. The molecule has 1 amide bonds. The van der Waals surface area contributed by atoms with Crippen molar-refractivity contribution in [2.45, 2.75) is 33.1 Å². The standard InChI is InChI=1S/C25H28N4O4/c1-3-5-9-14-33-22-13-12-18(15-23(22)32-4-2)17-26-29-24(30)21-16-20(27-25(31)28-21)19-10-7-6-8-11-19/h6-8,10-13,15-17H,3-5,9,14H2,1-2H3,(H,29,30)(H,27,28,31)/b26-17+. The largest absolute Gasteiger partial charge is 0.490 e. The first kappa shape index (κ1) is 23.7. The number of hydrogen-bond acceptors (Lipinski definition) is 6. The topological polar surface area (TPSA) is 106 Å². The lowest BCUT2D eigenvalue weighted by molar-refractivity contribution is 0.0949. The zero-order valence-corrected chi connectivity index (χ0v) is 18.8. The van der Waals surface area contributed by atoms with Crippen LogP contribution in [0.4, 0.5) is 0 Å². The fourth-order valence-corrected chi connectivity index (χ4v) is 3.09. The Morgan fingerprint density at radius 1 is 1.06 bits per heavy atom. The second-order valence-corrected chi connectivity index (χ2v) is 7.25. The number of benzene rings is 2. The van der Waals surface area contributed by atoms with Crippen LogP contribution in [-0.4, -0.2) is 35.3 Å². The van der Waals surface area contributed by atoms with Gasteiger partial charge >= 0.3 is 5.69 Å². The van der Waals surface area contributed by atoms with E-state index in [1.807, 2.05) is 49.4 Å². The van der Waals surface area contributed by atoms with E-state index in [-0.39, 0.29) is 5.69 Å². The number of unbranched alkanes of at least 4 members (excludes halogenated alkanes) is 2. The minimum absolute atomic E-state index is 0.0665. The summed E-state index contributed by atoms with van der Waals surface area (Å²) >= 11 is 0. The van der Waals surface area contributed by atoms with Gasteiger partial charge in [-0.05, 0) is 43.2 Å². The zero-order chi connectivity index (χ0) is 23.5. The molecule has 8 nitrogen and oxygen atoms in total. The van der Waals surface area contributed by atoms with Crippen molar-refractivity contribution in [3.8, 4) is 22.8 Å². The molecule has 0 saturated carbocycles. The van der Waals surface area contributed by atoms with Crippen LogP contribution in [0.5, 0.6) is 11.5 Å². The number of nitrogens with one attached hydrogen (secondary N) is 2. The van der Waals surface area contributed by atoms with Gasteiger partial charge in [-0.15, -0.1) is 0 Å². The monoisotopic (exact) mass is 448 g/mol. The first-order valence-corrected chi connectivity index (χ1v) is 11.0. The van der Waals surface area contributed by atoms with E-state index in [1.54, 1.807) is 6.07 Å². The maximum Gasteiger partial charge on any atom is 0.346 e. The van der Waals surface area contributed by atoms with Crippen molar-refractivity contribution >= 4 is 12.1 Å². The number of H-pyrrole nitrogens is 1. The first-order chi connectivity index (χ1) is 16.1. The molecule has 3 aromatic rings. The molecule has 0 aliphatic carbocycles. The van der Waals surface area contributed by atoms with Gasteiger partial charge in [-0.3, -0.25) is 4.79 Å². The Labute approximate surface area is 192 Å². The minimum atomic E-state index is -0.610. The number of carbonyl (C=O) groups is 1. The molecule has 1 heterocycles. The van der Waals surface area contributed by atoms with E-state index < -0.39 is 11.6 Å². The number of hydrazone groups is 1. The zero-order valence-electron chi connectivity index (χ0n) is 18.8. The predicted molar refractivity (Wildman–Crippen MR) is 128 cm³/mol. The number of aromatic nitrogens is 2. The van der Waals surface area contributed by atoms with Crippen LogP contribution in [0.2, 0.25) is 0 Å². The number of carbonyl (C=O) groups excluding carboxylic acids is 1. The molecule has 0 spiro atoms. The molecule has 0 atom stereocenters. The average Bonchev–Trinajstić information content (AvgIpc) is 2.83. The molecule has 1 aromatic heterocycles. The molecule has 33 heavy (non-hydrogen) atoms. The highest BCUT2D eigenvalue weighted by molar-refractivity contribution is 5.94. The summed E-state index contributed by atoms with van der Waals surface area (Å²) in [5.41, 5.74) is 3.76. The molecule has 0 radical (unpaired) electrons. The van der Waals surface area contributed by atoms with Gasteiger partial charge < -0.3 is 14.5 Å². The second kappa shape index (κ2) is 12.2. The predicted octanol–water partition coefficient (Wildman–Crippen LogP) is 4.17. The first-order valence-electron chi connectivity index (χ1n) is 11.0. The van der Waals surface area contributed by atoms with Crippen molar-refractivity contribution < 1.29 is 14.3 Å². The minimum Gasteiger partial charge on any atom is -0.490 e. The maximum absolute atomic E-state index is 12.5. The van der Waals surface area contributed by atoms with Gasteiger partial charge in [-0.1, -0.05) is 50.1 Å². The van der Waals surface area contributed by atoms with E-state index in [0.717, 1.165) is 30.4 Å². The van der Waals surface area contributed by atoms with Gasteiger partial charge in [0.1, 0.15) is 5.69 Å². The van der Waals surface area contributed by atoms with Crippen molar-refractivity contribution in [1.29, 1.82) is 0 Å². The lowest BCUT2D eigenvalue weighted by Gasteiger charge is -2.12. The molecule has 0 saturated heterocycles. The summed E-state index contributed by atoms with van der Waals surface area (Å²) in [7, 11) is 0. The van der Waals surface area contributed by atoms with Crippen molar-refractivity contribution in [2.24, 2.45) is 5.10 Å². The highest BCUT2D eigenvalue weighted by Crippen LogP contribution is 2.28. The number of amides is 1. The Bertz CT molecular complexity index is 1140. The Balaban J connectivity index is 1.68. The van der Waals surface area contributed by atoms with E-state index in [9.17, 15) is 9.59 Å². The average molecular weight is 449 g/mol. The molecule has 2 aromatic carbocycles. The van der Waals surface area contributed by atoms with Gasteiger partial charge in [0.2, 0.25) is 0 Å². The number of nitrogens with zero attached hydrogens (tertiary/aromatic N) is 2. The Morgan fingerprint density at radius 3 is 2.64 bits per heavy atom. The molecule has 0 aliphatic rings. The van der Waals surface area contributed by atoms with Crippen LogP contribution in [0, 0.1) is 0 Å². The fraction of sp³-hybridized carbons (Fsp3) is 0.280. The summed E-state index contributed by atoms with van der Waals surface area (Å²) in [6, 6.07) is 16.1. The Hall–Kier alpha value is -3.94. The van der Waals surface area contributed by atoms with Crippen LogP contribution in [0.15, 0.2) is 64.5 Å². The van der Waals surface area contributed by atoms with E-state index in [4.69, 9.17) is 9.47 Å². The van der Waals surface area contributed by atoms with Crippen LogP contribution < -0.4 is 20.6 Å². The molecule has 0 fully saturated rings. The highest BCUT2D eigenvalue weighted by atomic mass is 16.5. The van der Waals surface area contributed by atoms with Gasteiger partial charge in [0.25, 0.3) is 5.91 Å². The van der Waals surface area contributed by atoms with Crippen LogP contribution in [0.1, 0.15) is 49.2 Å². The van der Waals surface area contributed by atoms with Gasteiger partial charge in [0.15, 0.2) is 11.5 Å². The third-order valence-corrected chi connectivity index (χ3v) is 4.71. The molecule has 3 rings (SSSR count). The van der Waals surface area contributed by atoms with Crippen LogP contribution >= 0.6 is 0 Å². The van der Waals surface area contributed by atoms with Gasteiger partial charge in [-0.25, -0.2) is 10.2 Å². The third kappa shape index (κ3) is 7.03. The fourth-order valence-electron chi connectivity index (χ4n) is 3.09. The number of rotatable bonds is 11. The Morgan fingerprint density at radius 2 is 1.88 bits per heavy atom. The van der Waals surface area contributed by atoms with Crippen molar-refractivity contribution in [1.82, 2.24) is 15.4 Å². The molecule has 172 valence electrons. The van der Waals surface area contributed by atoms with Crippen molar-refractivity contribution in [2.75, 3.05) is 13.2 Å². The van der Waals surface area contributed by atoms with Crippen LogP contribution in [0.25, 0.3) is 11.3 Å². The summed E-state index contributed by atoms with van der Waals surface area (Å²) in [4.78, 5) is 30.8. The highest BCUT2D eigenvalue weighted by Gasteiger charge is 2.10. The third-order valence-electron chi connectivity index (χ3n) is 4.71. The quantitative estimate of drug-likeness (QED) is 0.260. The number of ether oxygens (including phenoxy) is 2. The van der Waals surface area contributed by atoms with E-state index in [1.165, 1.54) is 12.3 Å². The molecule has 0 aliphatic heterocycles. The molecule has 2 N–H and O–H groups in total. The van der Waals surface area contributed by atoms with Crippen LogP contribution in [-0.2, 0) is 0 Å². The summed E-state index contributed by atoms with van der Waals surface area (Å²) in [5.74, 6) is 0.746. The van der Waals surface area contributed by atoms with Gasteiger partial charge in [0, 0.05) is 5.56 Å². The second-order valence-electron chi connectivity index (χ2n) is 7.25. The van der Waals surface area contributed by atoms with Gasteiger partial charge in [0.05, 0.1) is 25.1 Å². The maximum atomic E-state index is 12.5. The lowest BCUT2D eigenvalue weighted by atomic mass is 10.1. The van der Waals surface area contributed by atoms with E-state index >= 15 is 0 Å². The lowest BCUT2D eigenvalue weighted by Crippen LogP contribution is -2.24. The van der Waals surface area contributed by atoms with Crippen molar-refractivity contribution in [3.63, 3.8) is 0 Å². The number of aromatic amines is 1. The summed E-state index contributed by atoms with van der Waals surface area (Å²) < 4.78 is 11.5. The summed E-state index contributed by atoms with van der Waals surface area (Å²) in [6.45, 7) is 5.18. The van der Waals surface area contributed by atoms with Crippen LogP contribution in [0.3, 0.4) is 0 Å². The van der Waals surface area contributed by atoms with Crippen molar-refractivity contribution in [3.05, 3.63) is 76.3 Å². The Kier molecular flexibility index (Phi) is 8.76. The summed E-state index contributed by atoms with van der Waals surface area (Å²) in [5, 5.41) is 4.00. The molecule has 0 unspecified atom stereocenters. The molecular weight excluding hydrogens is 420 g/mol. The number of hydrogen-bond donors (Lipinski definition) is 2. The summed E-state index contributed by atoms with van der Waals surface area (Å²) in [6.07, 6.45) is 4.73. The smallest absolute Gasteiger partial charge is 0.346 e. The van der Waals surface area contributed by atoms with E-state index in [2.05, 4.69) is 27.4 Å². The molecule has 0 bridgehead atoms. The van der Waals surface area contributed by atoms with Gasteiger partial charge in [-0.2, -0.15) is 10.1 Å². The molecular formula is C25H28N4O4. The normalized spacial score (nSPS) is 10.8.